The number of anilines is 1. The first kappa shape index (κ1) is 11.3. The van der Waals surface area contributed by atoms with Gasteiger partial charge in [-0.15, -0.1) is 0 Å². The third kappa shape index (κ3) is 2.61. The molecule has 1 aromatic heterocycles. The first-order valence-corrected chi connectivity index (χ1v) is 5.23. The van der Waals surface area contributed by atoms with E-state index in [1.165, 1.54) is 0 Å². The number of nitrogens with zero attached hydrogens (tertiary/aromatic N) is 1. The highest BCUT2D eigenvalue weighted by molar-refractivity contribution is 6.31. The molecule has 2 nitrogen and oxygen atoms in total. The van der Waals surface area contributed by atoms with Crippen molar-refractivity contribution >= 4 is 17.4 Å². The Morgan fingerprint density at radius 1 is 1.43 bits per heavy atom. The molecule has 78 valence electrons. The number of hydrogen-bond donors (Lipinski definition) is 1. The summed E-state index contributed by atoms with van der Waals surface area (Å²) in [6, 6.07) is 2.02. The van der Waals surface area contributed by atoms with E-state index >= 15 is 0 Å². The third-order valence-electron chi connectivity index (χ3n) is 2.02. The Hall–Kier alpha value is -0.760. The zero-order valence-electron chi connectivity index (χ0n) is 9.19. The highest BCUT2D eigenvalue weighted by atomic mass is 35.5. The molecule has 3 heteroatoms. The van der Waals surface area contributed by atoms with E-state index < -0.39 is 0 Å². The number of halogens is 1. The maximum atomic E-state index is 6.09. The first-order chi connectivity index (χ1) is 6.45. The van der Waals surface area contributed by atoms with Crippen LogP contribution in [-0.2, 0) is 5.41 Å². The lowest BCUT2D eigenvalue weighted by atomic mass is 9.87. The molecule has 0 radical (unpaired) electrons. The average Bonchev–Trinajstić information content (AvgIpc) is 2.07. The minimum atomic E-state index is 0.0597. The minimum Gasteiger partial charge on any atom is -0.370 e. The van der Waals surface area contributed by atoms with Crippen LogP contribution in [0.4, 0.5) is 5.82 Å². The van der Waals surface area contributed by atoms with Crippen molar-refractivity contribution < 1.29 is 0 Å². The fourth-order valence-corrected chi connectivity index (χ4v) is 1.68. The summed E-state index contributed by atoms with van der Waals surface area (Å²) in [6.07, 6.45) is 1.71. The second-order valence-corrected chi connectivity index (χ2v) is 4.74. The Morgan fingerprint density at radius 2 is 2.07 bits per heavy atom. The number of pyridine rings is 1. The van der Waals surface area contributed by atoms with Crippen LogP contribution in [0, 0.1) is 0 Å². The zero-order valence-corrected chi connectivity index (χ0v) is 9.94. The van der Waals surface area contributed by atoms with E-state index in [2.05, 4.69) is 31.1 Å². The summed E-state index contributed by atoms with van der Waals surface area (Å²) in [7, 11) is 0. The zero-order chi connectivity index (χ0) is 10.8. The Labute approximate surface area is 90.7 Å². The molecule has 0 aromatic carbocycles. The average molecular weight is 213 g/mol. The number of aromatic nitrogens is 1. The van der Waals surface area contributed by atoms with Gasteiger partial charge in [0.15, 0.2) is 0 Å². The summed E-state index contributed by atoms with van der Waals surface area (Å²) in [5, 5.41) is 3.91. The molecule has 0 atom stereocenters. The Morgan fingerprint density at radius 3 is 2.57 bits per heavy atom. The van der Waals surface area contributed by atoms with E-state index in [9.17, 15) is 0 Å². The molecule has 1 aromatic rings. The van der Waals surface area contributed by atoms with Crippen molar-refractivity contribution in [2.45, 2.75) is 33.1 Å². The molecule has 0 fully saturated rings. The second-order valence-electron chi connectivity index (χ2n) is 4.33. The lowest BCUT2D eigenvalue weighted by Gasteiger charge is -2.21. The molecule has 0 amide bonds. The van der Waals surface area contributed by atoms with Gasteiger partial charge in [-0.3, -0.25) is 0 Å². The monoisotopic (exact) mass is 212 g/mol. The van der Waals surface area contributed by atoms with Gasteiger partial charge in [-0.25, -0.2) is 4.98 Å². The van der Waals surface area contributed by atoms with Crippen LogP contribution in [0.2, 0.25) is 5.02 Å². The molecule has 0 aliphatic carbocycles. The third-order valence-corrected chi connectivity index (χ3v) is 2.32. The SMILES string of the molecule is CCNc1cc(C(C)(C)C)c(Cl)cn1. The molecule has 0 bridgehead atoms. The van der Waals surface area contributed by atoms with Crippen molar-refractivity contribution in [3.05, 3.63) is 22.8 Å². The molecule has 0 unspecified atom stereocenters. The second kappa shape index (κ2) is 4.18. The Balaban J connectivity index is 3.09. The summed E-state index contributed by atoms with van der Waals surface area (Å²) in [5.74, 6) is 0.891. The van der Waals surface area contributed by atoms with Crippen molar-refractivity contribution in [2.24, 2.45) is 0 Å². The first-order valence-electron chi connectivity index (χ1n) is 4.85. The van der Waals surface area contributed by atoms with E-state index in [4.69, 9.17) is 11.6 Å². The number of hydrogen-bond acceptors (Lipinski definition) is 2. The summed E-state index contributed by atoms with van der Waals surface area (Å²) < 4.78 is 0. The van der Waals surface area contributed by atoms with Crippen molar-refractivity contribution in [3.8, 4) is 0 Å². The highest BCUT2D eigenvalue weighted by Gasteiger charge is 2.17. The Bertz CT molecular complexity index is 316. The van der Waals surface area contributed by atoms with Gasteiger partial charge < -0.3 is 5.32 Å². The van der Waals surface area contributed by atoms with Crippen LogP contribution >= 0.6 is 11.6 Å². The lowest BCUT2D eigenvalue weighted by molar-refractivity contribution is 0.590. The molecule has 0 saturated carbocycles. The molecule has 0 saturated heterocycles. The Kier molecular flexibility index (Phi) is 3.38. The van der Waals surface area contributed by atoms with Gasteiger partial charge in [0, 0.05) is 12.7 Å². The smallest absolute Gasteiger partial charge is 0.126 e. The van der Waals surface area contributed by atoms with E-state index in [1.54, 1.807) is 6.20 Å². The van der Waals surface area contributed by atoms with Crippen LogP contribution in [0.1, 0.15) is 33.3 Å². The summed E-state index contributed by atoms with van der Waals surface area (Å²) in [6.45, 7) is 9.35. The van der Waals surface area contributed by atoms with Crippen molar-refractivity contribution in [1.29, 1.82) is 0 Å². The predicted molar refractivity (Wildman–Crippen MR) is 62.1 cm³/mol. The van der Waals surface area contributed by atoms with Gasteiger partial charge in [-0.2, -0.15) is 0 Å². The van der Waals surface area contributed by atoms with Gasteiger partial charge in [0.25, 0.3) is 0 Å². The summed E-state index contributed by atoms with van der Waals surface area (Å²) in [5.41, 5.74) is 1.19. The quantitative estimate of drug-likeness (QED) is 0.812. The maximum absolute atomic E-state index is 6.09. The van der Waals surface area contributed by atoms with Crippen LogP contribution < -0.4 is 5.32 Å². The minimum absolute atomic E-state index is 0.0597. The molecule has 1 heterocycles. The van der Waals surface area contributed by atoms with Crippen molar-refractivity contribution in [1.82, 2.24) is 4.98 Å². The van der Waals surface area contributed by atoms with E-state index in [0.717, 1.165) is 22.9 Å². The largest absolute Gasteiger partial charge is 0.370 e. The van der Waals surface area contributed by atoms with Crippen LogP contribution in [0.15, 0.2) is 12.3 Å². The van der Waals surface area contributed by atoms with E-state index in [-0.39, 0.29) is 5.41 Å². The molecule has 0 aliphatic rings. The standard InChI is InChI=1S/C11H17ClN2/c1-5-13-10-6-8(11(2,3)4)9(12)7-14-10/h6-7H,5H2,1-4H3,(H,13,14). The molecule has 0 aliphatic heterocycles. The van der Waals surface area contributed by atoms with Crippen molar-refractivity contribution in [3.63, 3.8) is 0 Å². The fourth-order valence-electron chi connectivity index (χ4n) is 1.29. The van der Waals surface area contributed by atoms with Crippen LogP contribution in [-0.4, -0.2) is 11.5 Å². The normalized spacial score (nSPS) is 11.5. The summed E-state index contributed by atoms with van der Waals surface area (Å²) in [4.78, 5) is 4.20. The molecule has 0 spiro atoms. The van der Waals surface area contributed by atoms with Crippen LogP contribution in [0.3, 0.4) is 0 Å². The van der Waals surface area contributed by atoms with Gasteiger partial charge in [0.05, 0.1) is 5.02 Å². The van der Waals surface area contributed by atoms with Gasteiger partial charge in [-0.05, 0) is 24.0 Å². The molecule has 1 rings (SSSR count). The molecular formula is C11H17ClN2. The summed E-state index contributed by atoms with van der Waals surface area (Å²) >= 11 is 6.09. The molecule has 1 N–H and O–H groups in total. The maximum Gasteiger partial charge on any atom is 0.126 e. The van der Waals surface area contributed by atoms with Gasteiger partial charge >= 0.3 is 0 Å². The lowest BCUT2D eigenvalue weighted by Crippen LogP contribution is -2.13. The number of rotatable bonds is 2. The van der Waals surface area contributed by atoms with Crippen LogP contribution in [0.25, 0.3) is 0 Å². The fraction of sp³-hybridized carbons (Fsp3) is 0.545. The number of nitrogens with one attached hydrogen (secondary N) is 1. The molecular weight excluding hydrogens is 196 g/mol. The highest BCUT2D eigenvalue weighted by Crippen LogP contribution is 2.30. The topological polar surface area (TPSA) is 24.9 Å². The van der Waals surface area contributed by atoms with E-state index in [1.807, 2.05) is 13.0 Å². The predicted octanol–water partition coefficient (Wildman–Crippen LogP) is 3.46. The van der Waals surface area contributed by atoms with E-state index in [0.29, 0.717) is 0 Å². The van der Waals surface area contributed by atoms with Gasteiger partial charge in [-0.1, -0.05) is 32.4 Å². The molecule has 14 heavy (non-hydrogen) atoms. The van der Waals surface area contributed by atoms with Crippen LogP contribution in [0.5, 0.6) is 0 Å². The van der Waals surface area contributed by atoms with Gasteiger partial charge in [0.1, 0.15) is 5.82 Å². The van der Waals surface area contributed by atoms with Crippen molar-refractivity contribution in [2.75, 3.05) is 11.9 Å². The van der Waals surface area contributed by atoms with Gasteiger partial charge in [0.2, 0.25) is 0 Å².